The van der Waals surface area contributed by atoms with Gasteiger partial charge < -0.3 is 14.4 Å². The van der Waals surface area contributed by atoms with Crippen LogP contribution >= 0.6 is 0 Å². The van der Waals surface area contributed by atoms with E-state index in [2.05, 4.69) is 47.0 Å². The average molecular weight is 450 g/mol. The van der Waals surface area contributed by atoms with E-state index in [0.29, 0.717) is 6.54 Å². The maximum absolute atomic E-state index is 11.3. The van der Waals surface area contributed by atoms with Gasteiger partial charge in [0.05, 0.1) is 19.2 Å². The van der Waals surface area contributed by atoms with E-state index in [1.54, 1.807) is 18.7 Å². The molecule has 0 bridgehead atoms. The minimum atomic E-state index is -0.547. The molecule has 0 saturated carbocycles. The number of carbonyl (C=O) groups is 1. The van der Waals surface area contributed by atoms with Crippen LogP contribution in [0.3, 0.4) is 0 Å². The summed E-state index contributed by atoms with van der Waals surface area (Å²) in [6.45, 7) is 1.60. The predicted octanol–water partition coefficient (Wildman–Crippen LogP) is 3.23. The van der Waals surface area contributed by atoms with E-state index >= 15 is 0 Å². The van der Waals surface area contributed by atoms with Gasteiger partial charge in [0.1, 0.15) is 5.75 Å². The number of benzene rings is 2. The molecular weight excluding hydrogens is 418 g/mol. The summed E-state index contributed by atoms with van der Waals surface area (Å²) in [5, 5.41) is 19.6. The Morgan fingerprint density at radius 1 is 1.27 bits per heavy atom. The first kappa shape index (κ1) is 23.0. The Morgan fingerprint density at radius 2 is 2.12 bits per heavy atom. The normalized spacial score (nSPS) is 15.5. The van der Waals surface area contributed by atoms with E-state index < -0.39 is 5.91 Å². The van der Waals surface area contributed by atoms with Crippen molar-refractivity contribution in [3.8, 4) is 5.75 Å². The third-order valence-corrected chi connectivity index (χ3v) is 6.53. The van der Waals surface area contributed by atoms with Crippen LogP contribution in [0.15, 0.2) is 48.7 Å². The summed E-state index contributed by atoms with van der Waals surface area (Å²) in [5.41, 5.74) is 7.53. The summed E-state index contributed by atoms with van der Waals surface area (Å²) in [6.07, 6.45) is 8.06. The number of ether oxygens (including phenoxy) is 1. The molecule has 0 radical (unpaired) electrons. The first-order chi connectivity index (χ1) is 16.0. The van der Waals surface area contributed by atoms with E-state index in [0.717, 1.165) is 42.6 Å². The topological polar surface area (TPSA) is 87.0 Å². The highest BCUT2D eigenvalue weighted by atomic mass is 16.5. The highest BCUT2D eigenvalue weighted by Gasteiger charge is 2.27. The number of aliphatic hydroxyl groups is 1. The van der Waals surface area contributed by atoms with Gasteiger partial charge in [0.15, 0.2) is 0 Å². The molecule has 1 amide bonds. The Labute approximate surface area is 193 Å². The van der Waals surface area contributed by atoms with Crippen molar-refractivity contribution in [1.82, 2.24) is 14.9 Å². The summed E-state index contributed by atoms with van der Waals surface area (Å²) in [4.78, 5) is 13.6. The first-order valence-electron chi connectivity index (χ1n) is 11.3. The molecule has 3 N–H and O–H groups in total. The summed E-state index contributed by atoms with van der Waals surface area (Å²) in [7, 11) is 3.74. The van der Waals surface area contributed by atoms with Crippen molar-refractivity contribution in [3.05, 3.63) is 70.9 Å². The van der Waals surface area contributed by atoms with E-state index in [9.17, 15) is 9.90 Å². The van der Waals surface area contributed by atoms with E-state index in [1.165, 1.54) is 28.2 Å². The number of fused-ring (bicyclic) bond motifs is 2. The molecule has 1 aromatic heterocycles. The van der Waals surface area contributed by atoms with Crippen molar-refractivity contribution in [2.24, 2.45) is 7.05 Å². The number of aryl methyl sites for hydroxylation is 2. The fourth-order valence-corrected chi connectivity index (χ4v) is 4.90. The van der Waals surface area contributed by atoms with Gasteiger partial charge in [0.25, 0.3) is 5.91 Å². The van der Waals surface area contributed by atoms with Gasteiger partial charge in [0.2, 0.25) is 0 Å². The standard InChI is InChI=1S/C26H31N3O4/c1-28-17-20(23-8-6-21(33-2)16-25(23)28)11-12-29(13-14-30)24-9-5-19-15-18(3-7-22(19)24)4-10-26(31)27-32/h3-4,6-8,10,15-17,24,30,32H,5,9,11-14H2,1-2H3,(H,27,31)/b10-4+. The molecule has 1 aliphatic carbocycles. The molecule has 1 atom stereocenters. The molecule has 7 heteroatoms. The van der Waals surface area contributed by atoms with Gasteiger partial charge in [-0.2, -0.15) is 0 Å². The fraction of sp³-hybridized carbons (Fsp3) is 0.346. The maximum Gasteiger partial charge on any atom is 0.267 e. The number of carbonyl (C=O) groups excluding carboxylic acids is 1. The van der Waals surface area contributed by atoms with Gasteiger partial charge in [-0.05, 0) is 59.7 Å². The summed E-state index contributed by atoms with van der Waals surface area (Å²) in [6, 6.07) is 12.7. The SMILES string of the molecule is COc1ccc2c(CCN(CCO)C3CCc4cc(/C=C/C(=O)NO)ccc43)cn(C)c2c1. The smallest absolute Gasteiger partial charge is 0.267 e. The molecule has 3 aromatic rings. The lowest BCUT2D eigenvalue weighted by molar-refractivity contribution is -0.124. The first-order valence-corrected chi connectivity index (χ1v) is 11.3. The molecule has 4 rings (SSSR count). The fourth-order valence-electron chi connectivity index (χ4n) is 4.90. The second kappa shape index (κ2) is 10.2. The zero-order valence-corrected chi connectivity index (χ0v) is 19.1. The van der Waals surface area contributed by atoms with Crippen LogP contribution in [-0.2, 0) is 24.7 Å². The van der Waals surface area contributed by atoms with Crippen LogP contribution in [0.1, 0.15) is 34.7 Å². The lowest BCUT2D eigenvalue weighted by Crippen LogP contribution is -2.32. The van der Waals surface area contributed by atoms with Gasteiger partial charge in [-0.15, -0.1) is 0 Å². The van der Waals surface area contributed by atoms with Crippen molar-refractivity contribution in [1.29, 1.82) is 0 Å². The Bertz CT molecular complexity index is 1170. The number of hydrogen-bond donors (Lipinski definition) is 3. The molecule has 0 spiro atoms. The largest absolute Gasteiger partial charge is 0.497 e. The molecule has 33 heavy (non-hydrogen) atoms. The number of hydrogen-bond acceptors (Lipinski definition) is 5. The van der Waals surface area contributed by atoms with Crippen molar-refractivity contribution in [3.63, 3.8) is 0 Å². The summed E-state index contributed by atoms with van der Waals surface area (Å²) >= 11 is 0. The highest BCUT2D eigenvalue weighted by Crippen LogP contribution is 2.37. The van der Waals surface area contributed by atoms with E-state index in [1.807, 2.05) is 12.1 Å². The summed E-state index contributed by atoms with van der Waals surface area (Å²) < 4.78 is 7.51. The molecule has 0 aliphatic heterocycles. The second-order valence-electron chi connectivity index (χ2n) is 8.48. The van der Waals surface area contributed by atoms with Gasteiger partial charge in [-0.1, -0.05) is 18.2 Å². The number of hydroxylamine groups is 1. The lowest BCUT2D eigenvalue weighted by atomic mass is 10.0. The number of rotatable bonds is 9. The van der Waals surface area contributed by atoms with Crippen LogP contribution < -0.4 is 10.2 Å². The van der Waals surface area contributed by atoms with E-state index in [-0.39, 0.29) is 12.6 Å². The van der Waals surface area contributed by atoms with Gasteiger partial charge in [-0.25, -0.2) is 5.48 Å². The Hall–Kier alpha value is -3.13. The minimum absolute atomic E-state index is 0.121. The van der Waals surface area contributed by atoms with Crippen LogP contribution in [0.2, 0.25) is 0 Å². The summed E-state index contributed by atoms with van der Waals surface area (Å²) in [5.74, 6) is 0.306. The van der Waals surface area contributed by atoms with Crippen LogP contribution in [0.4, 0.5) is 0 Å². The number of aliphatic hydroxyl groups excluding tert-OH is 1. The van der Waals surface area contributed by atoms with Crippen LogP contribution in [0, 0.1) is 0 Å². The minimum Gasteiger partial charge on any atom is -0.497 e. The Kier molecular flexibility index (Phi) is 7.13. The number of aromatic nitrogens is 1. The monoisotopic (exact) mass is 449 g/mol. The maximum atomic E-state index is 11.3. The van der Waals surface area contributed by atoms with Crippen molar-refractivity contribution in [2.45, 2.75) is 25.3 Å². The molecule has 0 fully saturated rings. The molecule has 0 saturated heterocycles. The number of methoxy groups -OCH3 is 1. The quantitative estimate of drug-likeness (QED) is 0.265. The molecule has 7 nitrogen and oxygen atoms in total. The Balaban J connectivity index is 1.51. The van der Waals surface area contributed by atoms with Crippen molar-refractivity contribution in [2.75, 3.05) is 26.8 Å². The predicted molar refractivity (Wildman–Crippen MR) is 128 cm³/mol. The molecule has 1 aliphatic rings. The number of nitrogens with zero attached hydrogens (tertiary/aromatic N) is 2. The van der Waals surface area contributed by atoms with E-state index in [4.69, 9.17) is 9.94 Å². The molecule has 1 heterocycles. The van der Waals surface area contributed by atoms with Gasteiger partial charge in [-0.3, -0.25) is 14.9 Å². The lowest BCUT2D eigenvalue weighted by Gasteiger charge is -2.29. The van der Waals surface area contributed by atoms with Gasteiger partial charge in [0, 0.05) is 49.9 Å². The molecular formula is C26H31N3O4. The van der Waals surface area contributed by atoms with Crippen LogP contribution in [0.5, 0.6) is 5.75 Å². The Morgan fingerprint density at radius 3 is 2.88 bits per heavy atom. The average Bonchev–Trinajstić information content (AvgIpc) is 3.40. The van der Waals surface area contributed by atoms with Crippen LogP contribution in [-0.4, -0.2) is 52.5 Å². The molecule has 1 unspecified atom stereocenters. The molecule has 174 valence electrons. The third kappa shape index (κ3) is 4.95. The zero-order valence-electron chi connectivity index (χ0n) is 19.1. The number of amides is 1. The zero-order chi connectivity index (χ0) is 23.4. The number of nitrogens with one attached hydrogen (secondary N) is 1. The van der Waals surface area contributed by atoms with Crippen molar-refractivity contribution < 1.29 is 19.8 Å². The van der Waals surface area contributed by atoms with Crippen molar-refractivity contribution >= 4 is 22.9 Å². The van der Waals surface area contributed by atoms with Crippen LogP contribution in [0.25, 0.3) is 17.0 Å². The second-order valence-corrected chi connectivity index (χ2v) is 8.48. The van der Waals surface area contributed by atoms with Gasteiger partial charge >= 0.3 is 0 Å². The highest BCUT2D eigenvalue weighted by molar-refractivity contribution is 5.90. The third-order valence-electron chi connectivity index (χ3n) is 6.53. The molecule has 2 aromatic carbocycles.